The molecule has 3 aromatic rings. The quantitative estimate of drug-likeness (QED) is 0.374. The molecule has 1 aromatic heterocycles. The van der Waals surface area contributed by atoms with Gasteiger partial charge in [0.25, 0.3) is 5.69 Å². The van der Waals surface area contributed by atoms with Crippen molar-refractivity contribution in [3.63, 3.8) is 0 Å². The van der Waals surface area contributed by atoms with Crippen molar-refractivity contribution >= 4 is 16.6 Å². The van der Waals surface area contributed by atoms with Crippen molar-refractivity contribution in [2.24, 2.45) is 0 Å². The number of halogens is 4. The van der Waals surface area contributed by atoms with Crippen LogP contribution in [0.4, 0.5) is 23.2 Å². The molecule has 0 N–H and O–H groups in total. The second-order valence-corrected chi connectivity index (χ2v) is 4.98. The number of benzene rings is 2. The zero-order valence-corrected chi connectivity index (χ0v) is 12.2. The van der Waals surface area contributed by atoms with Crippen molar-refractivity contribution in [2.45, 2.75) is 6.18 Å². The highest BCUT2D eigenvalue weighted by molar-refractivity contribution is 5.91. The number of fused-ring (bicyclic) bond motifs is 1. The number of pyridine rings is 1. The van der Waals surface area contributed by atoms with Gasteiger partial charge in [-0.15, -0.1) is 0 Å². The lowest BCUT2D eigenvalue weighted by Gasteiger charge is -2.12. The summed E-state index contributed by atoms with van der Waals surface area (Å²) in [7, 11) is 0. The van der Waals surface area contributed by atoms with E-state index in [-0.39, 0.29) is 22.3 Å². The van der Waals surface area contributed by atoms with Gasteiger partial charge in [-0.1, -0.05) is 6.07 Å². The monoisotopic (exact) mass is 352 g/mol. The molecule has 2 aromatic carbocycles. The number of nitro groups is 1. The second-order valence-electron chi connectivity index (χ2n) is 4.98. The number of nitro benzene ring substituents is 1. The van der Waals surface area contributed by atoms with Crippen LogP contribution < -0.4 is 4.74 Å². The maximum absolute atomic E-state index is 13.8. The average molecular weight is 352 g/mol. The Morgan fingerprint density at radius 2 is 1.84 bits per heavy atom. The smallest absolute Gasteiger partial charge is 0.416 e. The number of hydrogen-bond acceptors (Lipinski definition) is 4. The lowest BCUT2D eigenvalue weighted by Crippen LogP contribution is -2.05. The van der Waals surface area contributed by atoms with Gasteiger partial charge in [0.15, 0.2) is 17.1 Å². The van der Waals surface area contributed by atoms with E-state index in [2.05, 4.69) is 4.98 Å². The van der Waals surface area contributed by atoms with Crippen LogP contribution in [0.3, 0.4) is 0 Å². The van der Waals surface area contributed by atoms with E-state index < -0.39 is 28.2 Å². The van der Waals surface area contributed by atoms with E-state index in [4.69, 9.17) is 4.74 Å². The van der Waals surface area contributed by atoms with Crippen LogP contribution in [0.5, 0.6) is 11.5 Å². The number of rotatable bonds is 3. The first-order chi connectivity index (χ1) is 11.8. The zero-order chi connectivity index (χ0) is 18.2. The molecule has 1 heterocycles. The minimum Gasteiger partial charge on any atom is -0.453 e. The summed E-state index contributed by atoms with van der Waals surface area (Å²) >= 11 is 0. The molecule has 0 atom stereocenters. The maximum Gasteiger partial charge on any atom is 0.416 e. The minimum absolute atomic E-state index is 0.0163. The molecule has 25 heavy (non-hydrogen) atoms. The van der Waals surface area contributed by atoms with Crippen LogP contribution in [0.15, 0.2) is 48.7 Å². The van der Waals surface area contributed by atoms with E-state index in [1.807, 2.05) is 0 Å². The Labute approximate surface area is 137 Å². The summed E-state index contributed by atoms with van der Waals surface area (Å²) < 4.78 is 57.4. The second kappa shape index (κ2) is 6.00. The molecule has 9 heteroatoms. The van der Waals surface area contributed by atoms with Gasteiger partial charge in [-0.2, -0.15) is 13.2 Å². The largest absolute Gasteiger partial charge is 0.453 e. The molecular formula is C16H8F4N2O3. The Morgan fingerprint density at radius 1 is 1.08 bits per heavy atom. The van der Waals surface area contributed by atoms with Crippen LogP contribution in [0.1, 0.15) is 5.56 Å². The number of aromatic nitrogens is 1. The topological polar surface area (TPSA) is 65.3 Å². The molecule has 0 aliphatic rings. The molecule has 0 bridgehead atoms. The fourth-order valence-corrected chi connectivity index (χ4v) is 2.25. The van der Waals surface area contributed by atoms with E-state index in [0.29, 0.717) is 18.2 Å². The summed E-state index contributed by atoms with van der Waals surface area (Å²) in [5.74, 6) is -1.69. The summed E-state index contributed by atoms with van der Waals surface area (Å²) in [6.45, 7) is 0. The average Bonchev–Trinajstić information content (AvgIpc) is 2.55. The first-order valence-electron chi connectivity index (χ1n) is 6.84. The molecule has 5 nitrogen and oxygen atoms in total. The lowest BCUT2D eigenvalue weighted by molar-refractivity contribution is -0.383. The van der Waals surface area contributed by atoms with Gasteiger partial charge in [-0.25, -0.2) is 9.37 Å². The first-order valence-corrected chi connectivity index (χ1v) is 6.84. The molecule has 0 saturated heterocycles. The highest BCUT2D eigenvalue weighted by Gasteiger charge is 2.31. The molecule has 0 saturated carbocycles. The fraction of sp³-hybridized carbons (Fsp3) is 0.0625. The van der Waals surface area contributed by atoms with Crippen molar-refractivity contribution in [3.8, 4) is 11.5 Å². The number of para-hydroxylation sites is 1. The summed E-state index contributed by atoms with van der Waals surface area (Å²) in [6, 6.07) is 7.09. The molecule has 0 aliphatic carbocycles. The molecule has 0 radical (unpaired) electrons. The Kier molecular flexibility index (Phi) is 3.99. The molecule has 0 spiro atoms. The van der Waals surface area contributed by atoms with Gasteiger partial charge in [0.1, 0.15) is 5.75 Å². The van der Waals surface area contributed by atoms with Crippen LogP contribution in [0.25, 0.3) is 10.9 Å². The summed E-state index contributed by atoms with van der Waals surface area (Å²) in [5.41, 5.74) is -1.39. The molecular weight excluding hydrogens is 344 g/mol. The predicted octanol–water partition coefficient (Wildman–Crippen LogP) is 5.09. The van der Waals surface area contributed by atoms with Crippen LogP contribution in [0.2, 0.25) is 0 Å². The summed E-state index contributed by atoms with van der Waals surface area (Å²) in [6.07, 6.45) is -3.47. The highest BCUT2D eigenvalue weighted by Crippen LogP contribution is 2.37. The first kappa shape index (κ1) is 16.6. The maximum atomic E-state index is 13.8. The van der Waals surface area contributed by atoms with Crippen molar-refractivity contribution in [2.75, 3.05) is 0 Å². The zero-order valence-electron chi connectivity index (χ0n) is 12.2. The fourth-order valence-electron chi connectivity index (χ4n) is 2.25. The van der Waals surface area contributed by atoms with E-state index >= 15 is 0 Å². The Bertz CT molecular complexity index is 973. The van der Waals surface area contributed by atoms with Crippen LogP contribution in [-0.4, -0.2) is 9.91 Å². The Balaban J connectivity index is 2.10. The van der Waals surface area contributed by atoms with Crippen LogP contribution in [0, 0.1) is 15.9 Å². The van der Waals surface area contributed by atoms with E-state index in [1.54, 1.807) is 0 Å². The predicted molar refractivity (Wildman–Crippen MR) is 79.9 cm³/mol. The normalized spacial score (nSPS) is 11.5. The molecule has 0 amide bonds. The third-order valence-electron chi connectivity index (χ3n) is 3.38. The van der Waals surface area contributed by atoms with Gasteiger partial charge in [-0.3, -0.25) is 10.1 Å². The highest BCUT2D eigenvalue weighted by atomic mass is 19.4. The number of hydrogen-bond donors (Lipinski definition) is 0. The van der Waals surface area contributed by atoms with Gasteiger partial charge in [-0.05, 0) is 30.3 Å². The van der Waals surface area contributed by atoms with E-state index in [0.717, 1.165) is 0 Å². The Morgan fingerprint density at radius 3 is 2.52 bits per heavy atom. The number of non-ortho nitro benzene ring substituents is 1. The number of alkyl halides is 3. The van der Waals surface area contributed by atoms with Crippen LogP contribution in [-0.2, 0) is 6.18 Å². The molecule has 0 fully saturated rings. The Hall–Kier alpha value is -3.23. The lowest BCUT2D eigenvalue weighted by atomic mass is 10.1. The minimum atomic E-state index is -4.66. The van der Waals surface area contributed by atoms with Gasteiger partial charge in [0.2, 0.25) is 0 Å². The van der Waals surface area contributed by atoms with Crippen molar-refractivity contribution < 1.29 is 27.2 Å². The van der Waals surface area contributed by atoms with Gasteiger partial charge >= 0.3 is 6.18 Å². The van der Waals surface area contributed by atoms with Crippen LogP contribution >= 0.6 is 0 Å². The number of ether oxygens (including phenoxy) is 1. The van der Waals surface area contributed by atoms with Crippen molar-refractivity contribution in [1.29, 1.82) is 0 Å². The standard InChI is InChI=1S/C16H8F4N2O3/c17-11-5-4-9(16(18,19)20)8-14(11)25-13-6-7-21-15-10(13)2-1-3-12(15)22(23)24/h1-8H. The van der Waals surface area contributed by atoms with Crippen molar-refractivity contribution in [1.82, 2.24) is 4.98 Å². The van der Waals surface area contributed by atoms with Gasteiger partial charge in [0.05, 0.1) is 15.9 Å². The third kappa shape index (κ3) is 3.21. The summed E-state index contributed by atoms with van der Waals surface area (Å²) in [5, 5.41) is 11.2. The van der Waals surface area contributed by atoms with Crippen molar-refractivity contribution in [3.05, 3.63) is 70.2 Å². The van der Waals surface area contributed by atoms with Gasteiger partial charge < -0.3 is 4.74 Å². The third-order valence-corrected chi connectivity index (χ3v) is 3.38. The molecule has 0 aliphatic heterocycles. The molecule has 128 valence electrons. The number of nitrogens with zero attached hydrogens (tertiary/aromatic N) is 2. The van der Waals surface area contributed by atoms with E-state index in [1.165, 1.54) is 30.5 Å². The summed E-state index contributed by atoms with van der Waals surface area (Å²) in [4.78, 5) is 14.3. The SMILES string of the molecule is O=[N+]([O-])c1cccc2c(Oc3cc(C(F)(F)F)ccc3F)ccnc12. The molecule has 3 rings (SSSR count). The molecule has 0 unspecified atom stereocenters. The van der Waals surface area contributed by atoms with E-state index in [9.17, 15) is 27.7 Å². The van der Waals surface area contributed by atoms with Gasteiger partial charge in [0, 0.05) is 12.3 Å².